The van der Waals surface area contributed by atoms with Crippen LogP contribution in [0.4, 0.5) is 5.69 Å². The molecule has 28 heavy (non-hydrogen) atoms. The second-order valence-electron chi connectivity index (χ2n) is 6.03. The molecule has 0 aliphatic heterocycles. The molecule has 1 heterocycles. The quantitative estimate of drug-likeness (QED) is 0.517. The third-order valence-corrected chi connectivity index (χ3v) is 6.01. The Labute approximate surface area is 166 Å². The van der Waals surface area contributed by atoms with Gasteiger partial charge in [0, 0.05) is 10.9 Å². The van der Waals surface area contributed by atoms with Crippen LogP contribution in [-0.2, 0) is 10.0 Å². The van der Waals surface area contributed by atoms with Crippen molar-refractivity contribution in [2.45, 2.75) is 4.90 Å². The predicted octanol–water partition coefficient (Wildman–Crippen LogP) is 4.56. The van der Waals surface area contributed by atoms with Gasteiger partial charge in [-0.05, 0) is 36.4 Å². The van der Waals surface area contributed by atoms with Gasteiger partial charge in [-0.1, -0.05) is 41.9 Å². The Bertz CT molecular complexity index is 1340. The molecule has 0 saturated carbocycles. The van der Waals surface area contributed by atoms with E-state index in [1.165, 1.54) is 12.1 Å². The van der Waals surface area contributed by atoms with E-state index >= 15 is 0 Å². The van der Waals surface area contributed by atoms with Gasteiger partial charge in [0.2, 0.25) is 0 Å². The van der Waals surface area contributed by atoms with Crippen molar-refractivity contribution in [3.63, 3.8) is 0 Å². The predicted molar refractivity (Wildman–Crippen MR) is 109 cm³/mol. The summed E-state index contributed by atoms with van der Waals surface area (Å²) in [5.74, 6) is 0. The summed E-state index contributed by atoms with van der Waals surface area (Å²) in [7, 11) is -3.90. The SMILES string of the molecule is N#Cc1ccccc1S(=O)(=O)Nc1ccc2c(-c3ccccc3Cl)n[nH]c2c1. The Hall–Kier alpha value is -3.34. The largest absolute Gasteiger partial charge is 0.280 e. The summed E-state index contributed by atoms with van der Waals surface area (Å²) in [6.07, 6.45) is 0. The van der Waals surface area contributed by atoms with Gasteiger partial charge >= 0.3 is 0 Å². The normalized spacial score (nSPS) is 11.3. The highest BCUT2D eigenvalue weighted by molar-refractivity contribution is 7.92. The minimum atomic E-state index is -3.90. The van der Waals surface area contributed by atoms with Crippen molar-refractivity contribution in [1.82, 2.24) is 10.2 Å². The summed E-state index contributed by atoms with van der Waals surface area (Å²) in [6, 6.07) is 20.4. The number of nitriles is 1. The fraction of sp³-hybridized carbons (Fsp3) is 0. The summed E-state index contributed by atoms with van der Waals surface area (Å²) in [4.78, 5) is -0.0704. The number of fused-ring (bicyclic) bond motifs is 1. The lowest BCUT2D eigenvalue weighted by Crippen LogP contribution is -2.14. The van der Waals surface area contributed by atoms with E-state index in [9.17, 15) is 8.42 Å². The number of nitrogens with zero attached hydrogens (tertiary/aromatic N) is 2. The zero-order chi connectivity index (χ0) is 19.7. The first-order valence-corrected chi connectivity index (χ1v) is 10.1. The van der Waals surface area contributed by atoms with Crippen LogP contribution in [0.5, 0.6) is 0 Å². The number of H-pyrrole nitrogens is 1. The number of anilines is 1. The zero-order valence-electron chi connectivity index (χ0n) is 14.3. The number of sulfonamides is 1. The highest BCUT2D eigenvalue weighted by Crippen LogP contribution is 2.32. The lowest BCUT2D eigenvalue weighted by atomic mass is 10.1. The molecule has 0 aliphatic rings. The van der Waals surface area contributed by atoms with E-state index in [0.29, 0.717) is 21.9 Å². The van der Waals surface area contributed by atoms with Crippen LogP contribution in [0.1, 0.15) is 5.56 Å². The van der Waals surface area contributed by atoms with Gasteiger partial charge < -0.3 is 0 Å². The Morgan fingerprint density at radius 3 is 2.57 bits per heavy atom. The van der Waals surface area contributed by atoms with E-state index in [1.807, 2.05) is 24.3 Å². The molecule has 0 amide bonds. The molecule has 2 N–H and O–H groups in total. The standard InChI is InChI=1S/C20H13ClN4O2S/c21-17-7-3-2-6-15(17)20-16-10-9-14(11-18(16)23-24-20)25-28(26,27)19-8-4-1-5-13(19)12-22/h1-11,25H,(H,23,24). The maximum atomic E-state index is 12.7. The highest BCUT2D eigenvalue weighted by atomic mass is 35.5. The molecule has 0 unspecified atom stereocenters. The minimum Gasteiger partial charge on any atom is -0.280 e. The molecule has 138 valence electrons. The Morgan fingerprint density at radius 1 is 1.04 bits per heavy atom. The van der Waals surface area contributed by atoms with Crippen molar-refractivity contribution in [2.75, 3.05) is 4.72 Å². The van der Waals surface area contributed by atoms with Crippen LogP contribution in [-0.4, -0.2) is 18.6 Å². The summed E-state index contributed by atoms with van der Waals surface area (Å²) in [5, 5.41) is 17.8. The molecule has 3 aromatic carbocycles. The number of halogens is 1. The third-order valence-electron chi connectivity index (χ3n) is 4.24. The Kier molecular flexibility index (Phi) is 4.51. The van der Waals surface area contributed by atoms with Crippen LogP contribution in [0.2, 0.25) is 5.02 Å². The second-order valence-corrected chi connectivity index (χ2v) is 8.08. The maximum Gasteiger partial charge on any atom is 0.263 e. The van der Waals surface area contributed by atoms with Gasteiger partial charge in [0.1, 0.15) is 16.7 Å². The lowest BCUT2D eigenvalue weighted by molar-refractivity contribution is 0.601. The number of rotatable bonds is 4. The van der Waals surface area contributed by atoms with Crippen molar-refractivity contribution in [1.29, 1.82) is 5.26 Å². The van der Waals surface area contributed by atoms with Gasteiger partial charge in [0.05, 0.1) is 21.8 Å². The first kappa shape index (κ1) is 18.0. The van der Waals surface area contributed by atoms with Gasteiger partial charge in [-0.2, -0.15) is 10.4 Å². The molecule has 4 rings (SSSR count). The van der Waals surface area contributed by atoms with E-state index in [1.54, 1.807) is 36.4 Å². The molecule has 0 aliphatic carbocycles. The average Bonchev–Trinajstić information content (AvgIpc) is 3.11. The average molecular weight is 409 g/mol. The highest BCUT2D eigenvalue weighted by Gasteiger charge is 2.19. The summed E-state index contributed by atoms with van der Waals surface area (Å²) in [6.45, 7) is 0. The first-order valence-electron chi connectivity index (χ1n) is 8.24. The van der Waals surface area contributed by atoms with Crippen LogP contribution in [0.25, 0.3) is 22.2 Å². The third kappa shape index (κ3) is 3.20. The van der Waals surface area contributed by atoms with Crippen LogP contribution in [0, 0.1) is 11.3 Å². The molecule has 0 radical (unpaired) electrons. The molecule has 1 aromatic heterocycles. The lowest BCUT2D eigenvalue weighted by Gasteiger charge is -2.09. The molecule has 0 bridgehead atoms. The number of nitrogens with one attached hydrogen (secondary N) is 2. The van der Waals surface area contributed by atoms with E-state index in [0.717, 1.165) is 10.9 Å². The van der Waals surface area contributed by atoms with Crippen molar-refractivity contribution >= 4 is 38.2 Å². The van der Waals surface area contributed by atoms with Crippen molar-refractivity contribution in [3.05, 3.63) is 77.3 Å². The van der Waals surface area contributed by atoms with Crippen molar-refractivity contribution in [3.8, 4) is 17.3 Å². The van der Waals surface area contributed by atoms with Gasteiger partial charge in [-0.3, -0.25) is 9.82 Å². The monoisotopic (exact) mass is 408 g/mol. The molecule has 0 saturated heterocycles. The fourth-order valence-electron chi connectivity index (χ4n) is 2.95. The van der Waals surface area contributed by atoms with E-state index < -0.39 is 10.0 Å². The Morgan fingerprint density at radius 2 is 1.79 bits per heavy atom. The van der Waals surface area contributed by atoms with E-state index in [4.69, 9.17) is 16.9 Å². The molecule has 0 spiro atoms. The number of aromatic nitrogens is 2. The number of benzene rings is 3. The van der Waals surface area contributed by atoms with Crippen LogP contribution in [0.3, 0.4) is 0 Å². The smallest absolute Gasteiger partial charge is 0.263 e. The molecular formula is C20H13ClN4O2S. The number of aromatic amines is 1. The summed E-state index contributed by atoms with van der Waals surface area (Å²) in [5.41, 5.74) is 2.56. The van der Waals surface area contributed by atoms with Gasteiger partial charge in [-0.15, -0.1) is 0 Å². The molecular weight excluding hydrogens is 396 g/mol. The van der Waals surface area contributed by atoms with Gasteiger partial charge in [0.25, 0.3) is 10.0 Å². The topological polar surface area (TPSA) is 98.6 Å². The van der Waals surface area contributed by atoms with Crippen molar-refractivity contribution < 1.29 is 8.42 Å². The van der Waals surface area contributed by atoms with E-state index in [2.05, 4.69) is 14.9 Å². The Balaban J connectivity index is 1.72. The molecule has 4 aromatic rings. The summed E-state index contributed by atoms with van der Waals surface area (Å²) < 4.78 is 27.9. The van der Waals surface area contributed by atoms with Gasteiger partial charge in [-0.25, -0.2) is 8.42 Å². The molecule has 0 atom stereocenters. The number of hydrogen-bond donors (Lipinski definition) is 2. The maximum absolute atomic E-state index is 12.7. The second kappa shape index (κ2) is 7.00. The molecule has 0 fully saturated rings. The van der Waals surface area contributed by atoms with Crippen LogP contribution >= 0.6 is 11.6 Å². The summed E-state index contributed by atoms with van der Waals surface area (Å²) >= 11 is 6.26. The van der Waals surface area contributed by atoms with E-state index in [-0.39, 0.29) is 10.5 Å². The van der Waals surface area contributed by atoms with Crippen LogP contribution in [0.15, 0.2) is 71.6 Å². The van der Waals surface area contributed by atoms with Crippen LogP contribution < -0.4 is 4.72 Å². The van der Waals surface area contributed by atoms with Crippen molar-refractivity contribution in [2.24, 2.45) is 0 Å². The minimum absolute atomic E-state index is 0.0704. The van der Waals surface area contributed by atoms with Gasteiger partial charge in [0.15, 0.2) is 0 Å². The molecule has 8 heteroatoms. The number of hydrogen-bond acceptors (Lipinski definition) is 4. The molecule has 6 nitrogen and oxygen atoms in total. The fourth-order valence-corrected chi connectivity index (χ4v) is 4.38. The zero-order valence-corrected chi connectivity index (χ0v) is 15.9. The first-order chi connectivity index (χ1) is 13.5.